The Morgan fingerprint density at radius 3 is 2.52 bits per heavy atom. The third-order valence-electron chi connectivity index (χ3n) is 4.27. The van der Waals surface area contributed by atoms with Crippen molar-refractivity contribution in [1.29, 1.82) is 0 Å². The van der Waals surface area contributed by atoms with Crippen molar-refractivity contribution in [2.45, 2.75) is 45.3 Å². The second-order valence-electron chi connectivity index (χ2n) is 7.80. The molecular formula is C21H29N3O5. The van der Waals surface area contributed by atoms with Crippen LogP contribution in [0.4, 0.5) is 4.79 Å². The number of esters is 1. The Morgan fingerprint density at radius 1 is 1.17 bits per heavy atom. The van der Waals surface area contributed by atoms with Crippen LogP contribution in [0.2, 0.25) is 0 Å². The van der Waals surface area contributed by atoms with Crippen LogP contribution in [-0.4, -0.2) is 47.8 Å². The normalized spacial score (nSPS) is 12.3. The third-order valence-corrected chi connectivity index (χ3v) is 4.27. The van der Waals surface area contributed by atoms with E-state index >= 15 is 0 Å². The minimum Gasteiger partial charge on any atom is -0.469 e. The van der Waals surface area contributed by atoms with Gasteiger partial charge in [0.25, 0.3) is 0 Å². The van der Waals surface area contributed by atoms with E-state index in [0.29, 0.717) is 0 Å². The summed E-state index contributed by atoms with van der Waals surface area (Å²) in [6.45, 7) is 5.38. The molecule has 2 amide bonds. The molecule has 0 aliphatic heterocycles. The van der Waals surface area contributed by atoms with E-state index in [1.165, 1.54) is 7.11 Å². The summed E-state index contributed by atoms with van der Waals surface area (Å²) in [5.74, 6) is -0.816. The first-order valence-electron chi connectivity index (χ1n) is 9.47. The molecule has 0 radical (unpaired) electrons. The highest BCUT2D eigenvalue weighted by molar-refractivity contribution is 5.88. The van der Waals surface area contributed by atoms with E-state index in [1.807, 2.05) is 42.1 Å². The van der Waals surface area contributed by atoms with E-state index < -0.39 is 29.6 Å². The molecule has 0 aliphatic carbocycles. The number of amides is 2. The van der Waals surface area contributed by atoms with Gasteiger partial charge >= 0.3 is 12.1 Å². The number of ether oxygens (including phenoxy) is 2. The fraction of sp³-hybridized carbons (Fsp3) is 0.476. The monoisotopic (exact) mass is 403 g/mol. The standard InChI is InChI=1S/C21H29N3O5/c1-21(2,3)29-20(27)23-16(19(26)22-11-10-18(25)28-5)12-14-13-24(4)17-9-7-6-8-15(14)17/h6-9,13,16H,10-12H2,1-5H3,(H,22,26)(H,23,27)/t16-/m0/s1. The van der Waals surface area contributed by atoms with E-state index in [4.69, 9.17) is 4.74 Å². The van der Waals surface area contributed by atoms with Crippen LogP contribution in [0.25, 0.3) is 10.9 Å². The maximum Gasteiger partial charge on any atom is 0.408 e. The summed E-state index contributed by atoms with van der Waals surface area (Å²) in [5, 5.41) is 6.33. The van der Waals surface area contributed by atoms with Crippen molar-refractivity contribution in [3.63, 3.8) is 0 Å². The minimum absolute atomic E-state index is 0.0513. The van der Waals surface area contributed by atoms with Crippen molar-refractivity contribution < 1.29 is 23.9 Å². The molecule has 1 atom stereocenters. The molecule has 2 N–H and O–H groups in total. The molecule has 8 nitrogen and oxygen atoms in total. The van der Waals surface area contributed by atoms with Crippen molar-refractivity contribution in [2.75, 3.05) is 13.7 Å². The molecular weight excluding hydrogens is 374 g/mol. The summed E-state index contributed by atoms with van der Waals surface area (Å²) in [5.41, 5.74) is 1.27. The van der Waals surface area contributed by atoms with E-state index in [-0.39, 0.29) is 19.4 Å². The Bertz CT molecular complexity index is 882. The molecule has 1 aromatic heterocycles. The van der Waals surface area contributed by atoms with Crippen molar-refractivity contribution >= 4 is 28.9 Å². The number of fused-ring (bicyclic) bond motifs is 1. The molecule has 2 rings (SSSR count). The Morgan fingerprint density at radius 2 is 1.86 bits per heavy atom. The number of nitrogens with one attached hydrogen (secondary N) is 2. The molecule has 0 spiro atoms. The molecule has 0 unspecified atom stereocenters. The van der Waals surface area contributed by atoms with Gasteiger partial charge in [0.1, 0.15) is 11.6 Å². The van der Waals surface area contributed by atoms with Crippen LogP contribution in [0.5, 0.6) is 0 Å². The zero-order valence-corrected chi connectivity index (χ0v) is 17.6. The van der Waals surface area contributed by atoms with Gasteiger partial charge in [-0.1, -0.05) is 18.2 Å². The summed E-state index contributed by atoms with van der Waals surface area (Å²) < 4.78 is 11.9. The number of carbonyl (C=O) groups is 3. The molecule has 158 valence electrons. The van der Waals surface area contributed by atoms with Gasteiger partial charge in [-0.25, -0.2) is 4.79 Å². The second kappa shape index (κ2) is 9.45. The van der Waals surface area contributed by atoms with Crippen molar-refractivity contribution in [3.05, 3.63) is 36.0 Å². The number of nitrogens with zero attached hydrogens (tertiary/aromatic N) is 1. The highest BCUT2D eigenvalue weighted by Crippen LogP contribution is 2.21. The van der Waals surface area contributed by atoms with Crippen LogP contribution in [0, 0.1) is 0 Å². The van der Waals surface area contributed by atoms with Gasteiger partial charge in [0.05, 0.1) is 13.5 Å². The molecule has 1 aromatic carbocycles. The number of methoxy groups -OCH3 is 1. The van der Waals surface area contributed by atoms with E-state index in [1.54, 1.807) is 20.8 Å². The first kappa shape index (κ1) is 22.3. The quantitative estimate of drug-likeness (QED) is 0.691. The molecule has 0 saturated carbocycles. The highest BCUT2D eigenvalue weighted by Gasteiger charge is 2.26. The highest BCUT2D eigenvalue weighted by atomic mass is 16.6. The average molecular weight is 403 g/mol. The molecule has 0 bridgehead atoms. The Balaban J connectivity index is 2.17. The molecule has 0 aliphatic rings. The number of hydrogen-bond acceptors (Lipinski definition) is 5. The molecule has 2 aromatic rings. The summed E-state index contributed by atoms with van der Waals surface area (Å²) in [4.78, 5) is 36.3. The topological polar surface area (TPSA) is 98.7 Å². The maximum atomic E-state index is 12.7. The van der Waals surface area contributed by atoms with Crippen LogP contribution < -0.4 is 10.6 Å². The van der Waals surface area contributed by atoms with E-state index in [2.05, 4.69) is 15.4 Å². The van der Waals surface area contributed by atoms with Gasteiger partial charge in [-0.3, -0.25) is 9.59 Å². The van der Waals surface area contributed by atoms with Crippen LogP contribution in [0.1, 0.15) is 32.8 Å². The molecule has 0 fully saturated rings. The lowest BCUT2D eigenvalue weighted by molar-refractivity contribution is -0.140. The minimum atomic E-state index is -0.853. The number of alkyl carbamates (subject to hydrolysis) is 1. The van der Waals surface area contributed by atoms with Gasteiger partial charge in [-0.05, 0) is 32.4 Å². The third kappa shape index (κ3) is 6.51. The van der Waals surface area contributed by atoms with Gasteiger partial charge in [0.2, 0.25) is 5.91 Å². The molecule has 8 heteroatoms. The zero-order chi connectivity index (χ0) is 21.6. The van der Waals surface area contributed by atoms with Gasteiger partial charge in [0, 0.05) is 37.1 Å². The van der Waals surface area contributed by atoms with Crippen LogP contribution >= 0.6 is 0 Å². The van der Waals surface area contributed by atoms with Crippen LogP contribution in [-0.2, 0) is 32.5 Å². The van der Waals surface area contributed by atoms with Crippen molar-refractivity contribution in [2.24, 2.45) is 7.05 Å². The fourth-order valence-corrected chi connectivity index (χ4v) is 2.98. The van der Waals surface area contributed by atoms with Crippen LogP contribution in [0.15, 0.2) is 30.5 Å². The summed E-state index contributed by atoms with van der Waals surface area (Å²) in [6, 6.07) is 6.99. The number of aromatic nitrogens is 1. The number of rotatable bonds is 7. The van der Waals surface area contributed by atoms with Gasteiger partial charge in [-0.15, -0.1) is 0 Å². The zero-order valence-electron chi connectivity index (χ0n) is 17.6. The number of para-hydroxylation sites is 1. The van der Waals surface area contributed by atoms with E-state index in [0.717, 1.165) is 16.5 Å². The number of carbonyl (C=O) groups excluding carboxylic acids is 3. The molecule has 29 heavy (non-hydrogen) atoms. The Hall–Kier alpha value is -3.03. The lowest BCUT2D eigenvalue weighted by Crippen LogP contribution is -2.49. The van der Waals surface area contributed by atoms with Gasteiger partial charge < -0.3 is 24.7 Å². The number of aryl methyl sites for hydroxylation is 1. The first-order chi connectivity index (χ1) is 13.6. The molecule has 1 heterocycles. The SMILES string of the molecule is COC(=O)CCNC(=O)[C@H](Cc1cn(C)c2ccccc12)NC(=O)OC(C)(C)C. The molecule has 0 saturated heterocycles. The van der Waals surface area contributed by atoms with Gasteiger partial charge in [-0.2, -0.15) is 0 Å². The van der Waals surface area contributed by atoms with E-state index in [9.17, 15) is 14.4 Å². The summed E-state index contributed by atoms with van der Waals surface area (Å²) >= 11 is 0. The maximum absolute atomic E-state index is 12.7. The van der Waals surface area contributed by atoms with Crippen molar-refractivity contribution in [3.8, 4) is 0 Å². The Labute approximate surface area is 170 Å². The second-order valence-corrected chi connectivity index (χ2v) is 7.80. The van der Waals surface area contributed by atoms with Crippen molar-refractivity contribution in [1.82, 2.24) is 15.2 Å². The predicted octanol–water partition coefficient (Wildman–Crippen LogP) is 2.29. The lowest BCUT2D eigenvalue weighted by Gasteiger charge is -2.23. The largest absolute Gasteiger partial charge is 0.469 e. The summed E-state index contributed by atoms with van der Waals surface area (Å²) in [6.07, 6.45) is 1.60. The number of benzene rings is 1. The first-order valence-corrected chi connectivity index (χ1v) is 9.47. The fourth-order valence-electron chi connectivity index (χ4n) is 2.98. The smallest absolute Gasteiger partial charge is 0.408 e. The summed E-state index contributed by atoms with van der Waals surface area (Å²) in [7, 11) is 3.22. The average Bonchev–Trinajstić information content (AvgIpc) is 2.95. The Kier molecular flexibility index (Phi) is 7.25. The predicted molar refractivity (Wildman–Crippen MR) is 109 cm³/mol. The lowest BCUT2D eigenvalue weighted by atomic mass is 10.0. The number of hydrogen-bond donors (Lipinski definition) is 2. The van der Waals surface area contributed by atoms with Crippen LogP contribution in [0.3, 0.4) is 0 Å². The van der Waals surface area contributed by atoms with Gasteiger partial charge in [0.15, 0.2) is 0 Å².